The Morgan fingerprint density at radius 1 is 1.44 bits per heavy atom. The molecule has 16 heavy (non-hydrogen) atoms. The third-order valence-electron chi connectivity index (χ3n) is 2.67. The van der Waals surface area contributed by atoms with Crippen molar-refractivity contribution in [3.8, 4) is 5.75 Å². The second-order valence-corrected chi connectivity index (χ2v) is 3.89. The molecule has 0 saturated carbocycles. The number of rotatable bonds is 3. The lowest BCUT2D eigenvalue weighted by atomic mass is 10.1. The Labute approximate surface area is 94.6 Å². The minimum absolute atomic E-state index is 0.173. The summed E-state index contributed by atoms with van der Waals surface area (Å²) in [6.07, 6.45) is 1.12. The number of benzene rings is 1. The van der Waals surface area contributed by atoms with Crippen LogP contribution in [0.25, 0.3) is 0 Å². The maximum atomic E-state index is 7.66. The molecule has 0 amide bonds. The summed E-state index contributed by atoms with van der Waals surface area (Å²) in [6.45, 7) is 4.09. The molecule has 4 nitrogen and oxygen atoms in total. The molecule has 3 N–H and O–H groups in total. The summed E-state index contributed by atoms with van der Waals surface area (Å²) in [5.74, 6) is 1.39. The molecule has 1 atom stereocenters. The number of hydrogen-bond donors (Lipinski definition) is 2. The number of nitrogens with one attached hydrogen (secondary N) is 1. The van der Waals surface area contributed by atoms with E-state index < -0.39 is 0 Å². The lowest BCUT2D eigenvalue weighted by Gasteiger charge is -2.13. The van der Waals surface area contributed by atoms with E-state index in [0.29, 0.717) is 5.84 Å². The van der Waals surface area contributed by atoms with E-state index in [9.17, 15) is 0 Å². The number of nitrogens with two attached hydrogens (primary N) is 1. The predicted molar refractivity (Wildman–Crippen MR) is 64.4 cm³/mol. The highest BCUT2D eigenvalue weighted by molar-refractivity contribution is 6.20. The summed E-state index contributed by atoms with van der Waals surface area (Å²) < 4.78 is 5.68. The Bertz CT molecular complexity index is 465. The third kappa shape index (κ3) is 1.78. The zero-order chi connectivity index (χ0) is 11.7. The van der Waals surface area contributed by atoms with Crippen molar-refractivity contribution in [2.45, 2.75) is 26.4 Å². The largest absolute Gasteiger partial charge is 0.491 e. The van der Waals surface area contributed by atoms with Crippen LogP contribution in [0.3, 0.4) is 0 Å². The molecule has 0 spiro atoms. The second-order valence-electron chi connectivity index (χ2n) is 3.89. The van der Waals surface area contributed by atoms with Crippen LogP contribution in [-0.4, -0.2) is 17.8 Å². The summed E-state index contributed by atoms with van der Waals surface area (Å²) in [7, 11) is 0. The van der Waals surface area contributed by atoms with Crippen LogP contribution < -0.4 is 10.5 Å². The van der Waals surface area contributed by atoms with Crippen LogP contribution in [-0.2, 0) is 0 Å². The molecule has 0 radical (unpaired) electrons. The van der Waals surface area contributed by atoms with Gasteiger partial charge in [-0.1, -0.05) is 6.92 Å². The normalized spacial score (nSPS) is 15.6. The number of amidine groups is 2. The van der Waals surface area contributed by atoms with E-state index in [1.807, 2.05) is 25.1 Å². The van der Waals surface area contributed by atoms with E-state index in [1.165, 1.54) is 0 Å². The average molecular weight is 217 g/mol. The fourth-order valence-electron chi connectivity index (χ4n) is 1.57. The van der Waals surface area contributed by atoms with Gasteiger partial charge in [0.25, 0.3) is 0 Å². The van der Waals surface area contributed by atoms with Crippen molar-refractivity contribution in [2.24, 2.45) is 10.7 Å². The quantitative estimate of drug-likeness (QED) is 0.811. The minimum Gasteiger partial charge on any atom is -0.491 e. The highest BCUT2D eigenvalue weighted by Crippen LogP contribution is 2.23. The van der Waals surface area contributed by atoms with Crippen LogP contribution in [0, 0.1) is 5.41 Å². The van der Waals surface area contributed by atoms with Crippen LogP contribution in [0.1, 0.15) is 31.4 Å². The van der Waals surface area contributed by atoms with Gasteiger partial charge >= 0.3 is 0 Å². The van der Waals surface area contributed by atoms with Crippen LogP contribution in [0.2, 0.25) is 0 Å². The fourth-order valence-corrected chi connectivity index (χ4v) is 1.57. The minimum atomic E-state index is 0.173. The van der Waals surface area contributed by atoms with Crippen LogP contribution in [0.5, 0.6) is 5.75 Å². The van der Waals surface area contributed by atoms with Crippen molar-refractivity contribution >= 4 is 11.7 Å². The number of fused-ring (bicyclic) bond motifs is 1. The maximum absolute atomic E-state index is 7.66. The molecule has 0 aromatic heterocycles. The van der Waals surface area contributed by atoms with Crippen LogP contribution >= 0.6 is 0 Å². The monoisotopic (exact) mass is 217 g/mol. The Hall–Kier alpha value is -1.84. The Morgan fingerprint density at radius 3 is 2.88 bits per heavy atom. The van der Waals surface area contributed by atoms with Gasteiger partial charge in [0.15, 0.2) is 5.84 Å². The van der Waals surface area contributed by atoms with Crippen molar-refractivity contribution in [1.29, 1.82) is 5.41 Å². The number of ether oxygens (including phenoxy) is 1. The first-order chi connectivity index (χ1) is 7.61. The average Bonchev–Trinajstić information content (AvgIpc) is 2.54. The number of nitrogens with zero attached hydrogens (tertiary/aromatic N) is 1. The SMILES string of the molecule is CCC(C)Oc1ccc2c(c1)C(=N)N=C2N. The maximum Gasteiger partial charge on any atom is 0.155 e. The highest BCUT2D eigenvalue weighted by atomic mass is 16.5. The van der Waals surface area contributed by atoms with Gasteiger partial charge in [0.05, 0.1) is 6.10 Å². The van der Waals surface area contributed by atoms with Crippen molar-refractivity contribution in [3.05, 3.63) is 29.3 Å². The first-order valence-electron chi connectivity index (χ1n) is 5.36. The molecule has 2 rings (SSSR count). The molecule has 0 fully saturated rings. The molecule has 1 aromatic rings. The molecule has 1 aliphatic heterocycles. The van der Waals surface area contributed by atoms with Crippen molar-refractivity contribution in [2.75, 3.05) is 0 Å². The fraction of sp³-hybridized carbons (Fsp3) is 0.333. The first-order valence-corrected chi connectivity index (χ1v) is 5.36. The molecule has 84 valence electrons. The summed E-state index contributed by atoms with van der Waals surface area (Å²) in [4.78, 5) is 3.92. The van der Waals surface area contributed by atoms with Crippen LogP contribution in [0.15, 0.2) is 23.2 Å². The standard InChI is InChI=1S/C12H15N3O/c1-3-7(2)16-8-4-5-9-10(6-8)12(14)15-11(9)13/h4-7H,3H2,1-2H3,(H3,13,14,15). The third-order valence-corrected chi connectivity index (χ3v) is 2.67. The Balaban J connectivity index is 2.29. The molecular formula is C12H15N3O. The summed E-state index contributed by atoms with van der Waals surface area (Å²) >= 11 is 0. The van der Waals surface area contributed by atoms with Gasteiger partial charge in [-0.3, -0.25) is 5.41 Å². The topological polar surface area (TPSA) is 71.5 Å². The molecule has 1 aromatic carbocycles. The lowest BCUT2D eigenvalue weighted by Crippen LogP contribution is -2.12. The zero-order valence-corrected chi connectivity index (χ0v) is 9.45. The zero-order valence-electron chi connectivity index (χ0n) is 9.45. The first kappa shape index (κ1) is 10.7. The van der Waals surface area contributed by atoms with E-state index >= 15 is 0 Å². The van der Waals surface area contributed by atoms with E-state index in [4.69, 9.17) is 15.9 Å². The van der Waals surface area contributed by atoms with Gasteiger partial charge in [0.1, 0.15) is 11.6 Å². The van der Waals surface area contributed by atoms with E-state index in [0.717, 1.165) is 23.3 Å². The molecule has 0 aliphatic carbocycles. The van der Waals surface area contributed by atoms with Gasteiger partial charge in [0.2, 0.25) is 0 Å². The molecule has 1 aliphatic rings. The molecule has 1 unspecified atom stereocenters. The predicted octanol–water partition coefficient (Wildman–Crippen LogP) is 1.91. The van der Waals surface area contributed by atoms with Gasteiger partial charge in [-0.05, 0) is 31.5 Å². The van der Waals surface area contributed by atoms with E-state index in [-0.39, 0.29) is 11.9 Å². The van der Waals surface area contributed by atoms with Crippen LogP contribution in [0.4, 0.5) is 0 Å². The Kier molecular flexibility index (Phi) is 2.64. The number of aliphatic imine (C=N–C) groups is 1. The molecule has 0 bridgehead atoms. The smallest absolute Gasteiger partial charge is 0.155 e. The second kappa shape index (κ2) is 3.96. The van der Waals surface area contributed by atoms with Gasteiger partial charge in [0, 0.05) is 11.1 Å². The van der Waals surface area contributed by atoms with Gasteiger partial charge < -0.3 is 10.5 Å². The van der Waals surface area contributed by atoms with Gasteiger partial charge in [-0.2, -0.15) is 0 Å². The molecule has 4 heteroatoms. The molecular weight excluding hydrogens is 202 g/mol. The molecule has 1 heterocycles. The van der Waals surface area contributed by atoms with Crippen molar-refractivity contribution < 1.29 is 4.74 Å². The van der Waals surface area contributed by atoms with Crippen molar-refractivity contribution in [1.82, 2.24) is 0 Å². The number of hydrogen-bond acceptors (Lipinski definition) is 3. The summed E-state index contributed by atoms with van der Waals surface area (Å²) in [6, 6.07) is 5.55. The van der Waals surface area contributed by atoms with Gasteiger partial charge in [-0.25, -0.2) is 4.99 Å². The summed E-state index contributed by atoms with van der Waals surface area (Å²) in [5, 5.41) is 7.66. The lowest BCUT2D eigenvalue weighted by molar-refractivity contribution is 0.217. The van der Waals surface area contributed by atoms with Gasteiger partial charge in [-0.15, -0.1) is 0 Å². The molecule has 0 saturated heterocycles. The van der Waals surface area contributed by atoms with E-state index in [2.05, 4.69) is 11.9 Å². The highest BCUT2D eigenvalue weighted by Gasteiger charge is 2.19. The Morgan fingerprint density at radius 2 is 2.19 bits per heavy atom. The van der Waals surface area contributed by atoms with E-state index in [1.54, 1.807) is 0 Å². The van der Waals surface area contributed by atoms with Crippen molar-refractivity contribution in [3.63, 3.8) is 0 Å². The summed E-state index contributed by atoms with van der Waals surface area (Å²) in [5.41, 5.74) is 7.25.